The molecule has 0 spiro atoms. The predicted molar refractivity (Wildman–Crippen MR) is 113 cm³/mol. The molecule has 0 bridgehead atoms. The summed E-state index contributed by atoms with van der Waals surface area (Å²) < 4.78 is 0. The maximum absolute atomic E-state index is 13.0. The van der Waals surface area contributed by atoms with E-state index in [1.54, 1.807) is 23.6 Å². The maximum atomic E-state index is 13.0. The lowest BCUT2D eigenvalue weighted by molar-refractivity contribution is 0.0688. The zero-order valence-corrected chi connectivity index (χ0v) is 17.1. The lowest BCUT2D eigenvalue weighted by atomic mass is 9.93. The molecule has 0 saturated carbocycles. The molecule has 1 aromatic carbocycles. The minimum Gasteiger partial charge on any atom is -0.339 e. The van der Waals surface area contributed by atoms with Crippen LogP contribution in [0.15, 0.2) is 41.1 Å². The third kappa shape index (κ3) is 5.54. The Morgan fingerprint density at radius 2 is 1.93 bits per heavy atom. The molecule has 1 aromatic heterocycles. The molecule has 2 amide bonds. The third-order valence-electron chi connectivity index (χ3n) is 4.89. The van der Waals surface area contributed by atoms with Gasteiger partial charge in [0.15, 0.2) is 0 Å². The summed E-state index contributed by atoms with van der Waals surface area (Å²) in [7, 11) is 1.97. The monoisotopic (exact) mass is 407 g/mol. The van der Waals surface area contributed by atoms with E-state index in [1.165, 1.54) is 11.3 Å². The van der Waals surface area contributed by atoms with E-state index in [0.717, 1.165) is 38.9 Å². The van der Waals surface area contributed by atoms with Crippen LogP contribution in [-0.4, -0.2) is 43.4 Å². The van der Waals surface area contributed by atoms with Crippen LogP contribution in [0.3, 0.4) is 0 Å². The van der Waals surface area contributed by atoms with Crippen LogP contribution in [0.4, 0.5) is 5.69 Å². The van der Waals surface area contributed by atoms with Gasteiger partial charge in [-0.25, -0.2) is 0 Å². The molecule has 146 valence electrons. The van der Waals surface area contributed by atoms with E-state index >= 15 is 0 Å². The van der Waals surface area contributed by atoms with Crippen LogP contribution in [0.5, 0.6) is 0 Å². The predicted octanol–water partition coefficient (Wildman–Crippen LogP) is 3.88. The number of carbonyl (C=O) groups is 2. The summed E-state index contributed by atoms with van der Waals surface area (Å²) in [6, 6.07) is 9.04. The van der Waals surface area contributed by atoms with Crippen LogP contribution >= 0.6 is 23.7 Å². The van der Waals surface area contributed by atoms with Gasteiger partial charge in [-0.05, 0) is 62.4 Å². The number of halogens is 1. The topological polar surface area (TPSA) is 61.4 Å². The molecule has 1 aliphatic heterocycles. The highest BCUT2D eigenvalue weighted by molar-refractivity contribution is 7.08. The number of hydrogen-bond donors (Lipinski definition) is 2. The first-order chi connectivity index (χ1) is 12.7. The van der Waals surface area contributed by atoms with Gasteiger partial charge in [0.2, 0.25) is 0 Å². The van der Waals surface area contributed by atoms with Gasteiger partial charge in [0.05, 0.1) is 16.8 Å². The van der Waals surface area contributed by atoms with Crippen LogP contribution in [0, 0.1) is 5.92 Å². The molecule has 2 heterocycles. The second kappa shape index (κ2) is 10.4. The fourth-order valence-electron chi connectivity index (χ4n) is 3.31. The highest BCUT2D eigenvalue weighted by Crippen LogP contribution is 2.24. The van der Waals surface area contributed by atoms with Crippen molar-refractivity contribution >= 4 is 41.2 Å². The van der Waals surface area contributed by atoms with Gasteiger partial charge in [0.25, 0.3) is 11.8 Å². The number of para-hydroxylation sites is 1. The van der Waals surface area contributed by atoms with Crippen molar-refractivity contribution in [2.45, 2.75) is 19.3 Å². The number of rotatable bonds is 6. The van der Waals surface area contributed by atoms with Crippen LogP contribution in [-0.2, 0) is 0 Å². The molecule has 1 aliphatic rings. The molecule has 7 heteroatoms. The van der Waals surface area contributed by atoms with Gasteiger partial charge in [0, 0.05) is 18.5 Å². The van der Waals surface area contributed by atoms with Crippen LogP contribution in [0.2, 0.25) is 0 Å². The van der Waals surface area contributed by atoms with Crippen molar-refractivity contribution in [1.29, 1.82) is 0 Å². The Bertz CT molecular complexity index is 743. The molecule has 0 radical (unpaired) electrons. The van der Waals surface area contributed by atoms with Gasteiger partial charge in [-0.3, -0.25) is 9.59 Å². The van der Waals surface area contributed by atoms with Gasteiger partial charge in [-0.1, -0.05) is 12.1 Å². The van der Waals surface area contributed by atoms with Gasteiger partial charge >= 0.3 is 0 Å². The quantitative estimate of drug-likeness (QED) is 0.763. The number of piperidine rings is 1. The Morgan fingerprint density at radius 3 is 2.59 bits per heavy atom. The van der Waals surface area contributed by atoms with E-state index in [-0.39, 0.29) is 24.2 Å². The second-order valence-electron chi connectivity index (χ2n) is 6.64. The lowest BCUT2D eigenvalue weighted by Crippen LogP contribution is -2.39. The Hall–Kier alpha value is -1.89. The highest BCUT2D eigenvalue weighted by Gasteiger charge is 2.25. The molecule has 27 heavy (non-hydrogen) atoms. The Labute approximate surface area is 170 Å². The van der Waals surface area contributed by atoms with Gasteiger partial charge in [-0.2, -0.15) is 11.3 Å². The largest absolute Gasteiger partial charge is 0.339 e. The smallest absolute Gasteiger partial charge is 0.256 e. The van der Waals surface area contributed by atoms with Gasteiger partial charge in [0.1, 0.15) is 0 Å². The maximum Gasteiger partial charge on any atom is 0.256 e. The summed E-state index contributed by atoms with van der Waals surface area (Å²) in [6.07, 6.45) is 3.24. The van der Waals surface area contributed by atoms with Crippen molar-refractivity contribution in [3.05, 3.63) is 52.2 Å². The summed E-state index contributed by atoms with van der Waals surface area (Å²) in [4.78, 5) is 27.2. The van der Waals surface area contributed by atoms with E-state index < -0.39 is 0 Å². The number of nitrogens with zero attached hydrogens (tertiary/aromatic N) is 1. The van der Waals surface area contributed by atoms with Crippen LogP contribution < -0.4 is 10.6 Å². The summed E-state index contributed by atoms with van der Waals surface area (Å²) >= 11 is 1.48. The third-order valence-corrected chi connectivity index (χ3v) is 5.58. The number of carbonyl (C=O) groups excluding carboxylic acids is 2. The fourth-order valence-corrected chi connectivity index (χ4v) is 3.95. The summed E-state index contributed by atoms with van der Waals surface area (Å²) in [5, 5.41) is 9.74. The molecule has 3 rings (SSSR count). The first-order valence-electron chi connectivity index (χ1n) is 9.05. The number of hydrogen-bond acceptors (Lipinski definition) is 4. The zero-order chi connectivity index (χ0) is 18.4. The van der Waals surface area contributed by atoms with E-state index in [4.69, 9.17) is 0 Å². The molecule has 1 fully saturated rings. The average Bonchev–Trinajstić information content (AvgIpc) is 3.22. The van der Waals surface area contributed by atoms with Crippen molar-refractivity contribution in [3.8, 4) is 0 Å². The Balaban J connectivity index is 0.00000261. The standard InChI is InChI=1S/C20H25N3O2S.ClH/c1-21-10-6-15-7-11-23(12-8-15)20(25)17-4-2-3-5-18(17)22-19(24)16-9-13-26-14-16;/h2-5,9,13-15,21H,6-8,10-12H2,1H3,(H,22,24);1H. The van der Waals surface area contributed by atoms with Crippen molar-refractivity contribution in [2.75, 3.05) is 32.0 Å². The molecular weight excluding hydrogens is 382 g/mol. The molecule has 0 unspecified atom stereocenters. The van der Waals surface area contributed by atoms with Gasteiger partial charge in [-0.15, -0.1) is 12.4 Å². The normalized spacial score (nSPS) is 14.5. The van der Waals surface area contributed by atoms with E-state index in [1.807, 2.05) is 29.5 Å². The summed E-state index contributed by atoms with van der Waals surface area (Å²) in [5.41, 5.74) is 1.75. The van der Waals surface area contributed by atoms with Crippen molar-refractivity contribution in [2.24, 2.45) is 5.92 Å². The molecule has 0 aliphatic carbocycles. The number of benzene rings is 1. The zero-order valence-electron chi connectivity index (χ0n) is 15.4. The van der Waals surface area contributed by atoms with E-state index in [9.17, 15) is 9.59 Å². The SMILES string of the molecule is CNCCC1CCN(C(=O)c2ccccc2NC(=O)c2ccsc2)CC1.Cl. The Kier molecular flexibility index (Phi) is 8.28. The van der Waals surface area contributed by atoms with Crippen molar-refractivity contribution in [1.82, 2.24) is 10.2 Å². The van der Waals surface area contributed by atoms with Crippen molar-refractivity contribution < 1.29 is 9.59 Å². The first kappa shape index (κ1) is 21.4. The highest BCUT2D eigenvalue weighted by atomic mass is 35.5. The number of nitrogens with one attached hydrogen (secondary N) is 2. The van der Waals surface area contributed by atoms with E-state index in [2.05, 4.69) is 10.6 Å². The number of anilines is 1. The number of amides is 2. The number of thiophene rings is 1. The van der Waals surface area contributed by atoms with Gasteiger partial charge < -0.3 is 15.5 Å². The van der Waals surface area contributed by atoms with E-state index in [0.29, 0.717) is 22.7 Å². The summed E-state index contributed by atoms with van der Waals surface area (Å²) in [6.45, 7) is 2.58. The fraction of sp³-hybridized carbons (Fsp3) is 0.400. The molecule has 1 saturated heterocycles. The molecule has 2 N–H and O–H groups in total. The van der Waals surface area contributed by atoms with Crippen LogP contribution in [0.25, 0.3) is 0 Å². The molecule has 0 atom stereocenters. The average molecular weight is 408 g/mol. The minimum absolute atomic E-state index is 0. The molecule has 2 aromatic rings. The minimum atomic E-state index is -0.183. The Morgan fingerprint density at radius 1 is 1.19 bits per heavy atom. The second-order valence-corrected chi connectivity index (χ2v) is 7.42. The number of likely N-dealkylation sites (tertiary alicyclic amines) is 1. The molecule has 5 nitrogen and oxygen atoms in total. The first-order valence-corrected chi connectivity index (χ1v) is 9.99. The molecular formula is C20H26ClN3O2S. The lowest BCUT2D eigenvalue weighted by Gasteiger charge is -2.32. The summed E-state index contributed by atoms with van der Waals surface area (Å²) in [5.74, 6) is 0.496. The van der Waals surface area contributed by atoms with Crippen LogP contribution in [0.1, 0.15) is 40.0 Å². The van der Waals surface area contributed by atoms with Crippen molar-refractivity contribution in [3.63, 3.8) is 0 Å².